The topological polar surface area (TPSA) is 58.4 Å². The van der Waals surface area contributed by atoms with E-state index in [0.717, 1.165) is 44.1 Å². The van der Waals surface area contributed by atoms with Gasteiger partial charge >= 0.3 is 0 Å². The molecule has 0 saturated carbocycles. The van der Waals surface area contributed by atoms with E-state index in [2.05, 4.69) is 24.1 Å². The van der Waals surface area contributed by atoms with Gasteiger partial charge in [-0.2, -0.15) is 11.8 Å². The standard InChI is InChI=1S/C12H25N3OS/c1-3-15(4-2)7-6-14-11(12(13)16)10-5-8-17-9-10/h10-11,14H,3-9H2,1-2H3,(H2,13,16). The summed E-state index contributed by atoms with van der Waals surface area (Å²) in [4.78, 5) is 13.8. The summed E-state index contributed by atoms with van der Waals surface area (Å²) in [5.41, 5.74) is 5.47. The van der Waals surface area contributed by atoms with Crippen LogP contribution in [0.5, 0.6) is 0 Å². The number of nitrogens with zero attached hydrogens (tertiary/aromatic N) is 1. The van der Waals surface area contributed by atoms with Crippen LogP contribution < -0.4 is 11.1 Å². The number of nitrogens with one attached hydrogen (secondary N) is 1. The first-order chi connectivity index (χ1) is 8.19. The number of thioether (sulfide) groups is 1. The Kier molecular flexibility index (Phi) is 6.92. The molecule has 100 valence electrons. The van der Waals surface area contributed by atoms with Gasteiger partial charge in [-0.1, -0.05) is 13.8 Å². The molecule has 2 atom stereocenters. The maximum absolute atomic E-state index is 11.4. The number of hydrogen-bond acceptors (Lipinski definition) is 4. The van der Waals surface area contributed by atoms with Crippen molar-refractivity contribution in [3.63, 3.8) is 0 Å². The lowest BCUT2D eigenvalue weighted by atomic mass is 9.99. The van der Waals surface area contributed by atoms with Crippen molar-refractivity contribution in [2.24, 2.45) is 11.7 Å². The van der Waals surface area contributed by atoms with Crippen molar-refractivity contribution in [1.82, 2.24) is 10.2 Å². The predicted octanol–water partition coefficient (Wildman–Crippen LogP) is 0.525. The molecule has 1 heterocycles. The molecule has 0 spiro atoms. The highest BCUT2D eigenvalue weighted by Crippen LogP contribution is 2.26. The van der Waals surface area contributed by atoms with Crippen molar-refractivity contribution in [3.05, 3.63) is 0 Å². The molecule has 17 heavy (non-hydrogen) atoms. The van der Waals surface area contributed by atoms with Crippen molar-refractivity contribution in [1.29, 1.82) is 0 Å². The van der Waals surface area contributed by atoms with Crippen LogP contribution in [0.1, 0.15) is 20.3 Å². The molecular weight excluding hydrogens is 234 g/mol. The summed E-state index contributed by atoms with van der Waals surface area (Å²) in [7, 11) is 0. The van der Waals surface area contributed by atoms with Gasteiger partial charge in [-0.15, -0.1) is 0 Å². The molecule has 0 aromatic heterocycles. The first kappa shape index (κ1) is 14.8. The van der Waals surface area contributed by atoms with Gasteiger partial charge in [-0.25, -0.2) is 0 Å². The predicted molar refractivity (Wildman–Crippen MR) is 74.2 cm³/mol. The first-order valence-electron chi connectivity index (χ1n) is 6.51. The zero-order chi connectivity index (χ0) is 12.7. The Hall–Kier alpha value is -0.260. The third-order valence-corrected chi connectivity index (χ3v) is 4.62. The van der Waals surface area contributed by atoms with Crippen LogP contribution >= 0.6 is 11.8 Å². The molecule has 5 heteroatoms. The molecule has 1 saturated heterocycles. The number of primary amides is 1. The van der Waals surface area contributed by atoms with Gasteiger partial charge in [0.2, 0.25) is 5.91 Å². The summed E-state index contributed by atoms with van der Waals surface area (Å²) >= 11 is 1.92. The number of amides is 1. The zero-order valence-electron chi connectivity index (χ0n) is 10.9. The molecule has 3 N–H and O–H groups in total. The molecule has 0 radical (unpaired) electrons. The summed E-state index contributed by atoms with van der Waals surface area (Å²) in [5, 5.41) is 3.33. The van der Waals surface area contributed by atoms with Gasteiger partial charge in [0.25, 0.3) is 0 Å². The van der Waals surface area contributed by atoms with Gasteiger partial charge in [-0.05, 0) is 36.9 Å². The fourth-order valence-corrected chi connectivity index (χ4v) is 3.53. The minimum Gasteiger partial charge on any atom is -0.368 e. The monoisotopic (exact) mass is 259 g/mol. The van der Waals surface area contributed by atoms with Crippen molar-refractivity contribution in [2.45, 2.75) is 26.3 Å². The van der Waals surface area contributed by atoms with Crippen molar-refractivity contribution < 1.29 is 4.79 Å². The number of carbonyl (C=O) groups excluding carboxylic acids is 1. The van der Waals surface area contributed by atoms with E-state index in [4.69, 9.17) is 5.73 Å². The van der Waals surface area contributed by atoms with E-state index in [0.29, 0.717) is 5.92 Å². The second-order valence-corrected chi connectivity index (χ2v) is 5.63. The second kappa shape index (κ2) is 7.95. The molecule has 2 unspecified atom stereocenters. The van der Waals surface area contributed by atoms with E-state index >= 15 is 0 Å². The molecular formula is C12H25N3OS. The summed E-state index contributed by atoms with van der Waals surface area (Å²) < 4.78 is 0. The molecule has 1 aliphatic heterocycles. The minimum absolute atomic E-state index is 0.138. The van der Waals surface area contributed by atoms with E-state index in [9.17, 15) is 4.79 Å². The molecule has 1 aliphatic rings. The Morgan fingerprint density at radius 2 is 2.24 bits per heavy atom. The lowest BCUT2D eigenvalue weighted by molar-refractivity contribution is -0.121. The Morgan fingerprint density at radius 3 is 2.71 bits per heavy atom. The summed E-state index contributed by atoms with van der Waals surface area (Å²) in [6.07, 6.45) is 1.11. The number of carbonyl (C=O) groups is 1. The summed E-state index contributed by atoms with van der Waals surface area (Å²) in [6, 6.07) is -0.138. The average molecular weight is 259 g/mol. The van der Waals surface area contributed by atoms with Crippen LogP contribution in [0.15, 0.2) is 0 Å². The number of likely N-dealkylation sites (N-methyl/N-ethyl adjacent to an activating group) is 1. The van der Waals surface area contributed by atoms with Gasteiger partial charge < -0.3 is 16.0 Å². The average Bonchev–Trinajstić information content (AvgIpc) is 2.82. The van der Waals surface area contributed by atoms with E-state index < -0.39 is 0 Å². The third kappa shape index (κ3) is 4.85. The van der Waals surface area contributed by atoms with E-state index in [1.54, 1.807) is 0 Å². The normalized spacial score (nSPS) is 21.9. The van der Waals surface area contributed by atoms with Crippen molar-refractivity contribution >= 4 is 17.7 Å². The molecule has 0 aromatic carbocycles. The molecule has 1 fully saturated rings. The van der Waals surface area contributed by atoms with Gasteiger partial charge in [0.15, 0.2) is 0 Å². The zero-order valence-corrected chi connectivity index (χ0v) is 11.8. The molecule has 4 nitrogen and oxygen atoms in total. The highest BCUT2D eigenvalue weighted by Gasteiger charge is 2.28. The van der Waals surface area contributed by atoms with Crippen LogP contribution in [-0.2, 0) is 4.79 Å². The fourth-order valence-electron chi connectivity index (χ4n) is 2.23. The van der Waals surface area contributed by atoms with Crippen molar-refractivity contribution in [2.75, 3.05) is 37.7 Å². The Morgan fingerprint density at radius 1 is 1.53 bits per heavy atom. The number of nitrogens with two attached hydrogens (primary N) is 1. The molecule has 1 amide bonds. The highest BCUT2D eigenvalue weighted by molar-refractivity contribution is 7.99. The number of hydrogen-bond donors (Lipinski definition) is 2. The molecule has 0 bridgehead atoms. The smallest absolute Gasteiger partial charge is 0.234 e. The lowest BCUT2D eigenvalue weighted by Gasteiger charge is -2.24. The van der Waals surface area contributed by atoms with Crippen LogP contribution in [0.2, 0.25) is 0 Å². The first-order valence-corrected chi connectivity index (χ1v) is 7.67. The van der Waals surface area contributed by atoms with E-state index in [1.807, 2.05) is 11.8 Å². The van der Waals surface area contributed by atoms with Crippen LogP contribution in [-0.4, -0.2) is 54.5 Å². The largest absolute Gasteiger partial charge is 0.368 e. The fraction of sp³-hybridized carbons (Fsp3) is 0.917. The lowest BCUT2D eigenvalue weighted by Crippen LogP contribution is -2.48. The second-order valence-electron chi connectivity index (χ2n) is 4.48. The summed E-state index contributed by atoms with van der Waals surface area (Å²) in [5.74, 6) is 2.45. The van der Waals surface area contributed by atoms with Crippen LogP contribution in [0.4, 0.5) is 0 Å². The van der Waals surface area contributed by atoms with Crippen LogP contribution in [0.3, 0.4) is 0 Å². The Labute approximate surface area is 109 Å². The van der Waals surface area contributed by atoms with Gasteiger partial charge in [0, 0.05) is 13.1 Å². The van der Waals surface area contributed by atoms with Crippen molar-refractivity contribution in [3.8, 4) is 0 Å². The maximum Gasteiger partial charge on any atom is 0.234 e. The molecule has 1 rings (SSSR count). The Bertz CT molecular complexity index is 228. The SMILES string of the molecule is CCN(CC)CCNC(C(N)=O)C1CCSC1. The molecule has 0 aliphatic carbocycles. The quantitative estimate of drug-likeness (QED) is 0.667. The molecule has 0 aromatic rings. The Balaban J connectivity index is 2.31. The van der Waals surface area contributed by atoms with E-state index in [-0.39, 0.29) is 11.9 Å². The van der Waals surface area contributed by atoms with Crippen LogP contribution in [0, 0.1) is 5.92 Å². The van der Waals surface area contributed by atoms with Crippen LogP contribution in [0.25, 0.3) is 0 Å². The van der Waals surface area contributed by atoms with Gasteiger partial charge in [0.05, 0.1) is 6.04 Å². The van der Waals surface area contributed by atoms with Gasteiger partial charge in [0.1, 0.15) is 0 Å². The summed E-state index contributed by atoms with van der Waals surface area (Å²) in [6.45, 7) is 8.25. The highest BCUT2D eigenvalue weighted by atomic mass is 32.2. The maximum atomic E-state index is 11.4. The van der Waals surface area contributed by atoms with E-state index in [1.165, 1.54) is 0 Å². The number of rotatable bonds is 8. The van der Waals surface area contributed by atoms with Gasteiger partial charge in [-0.3, -0.25) is 4.79 Å². The minimum atomic E-state index is -0.197. The third-order valence-electron chi connectivity index (χ3n) is 3.43.